The predicted octanol–water partition coefficient (Wildman–Crippen LogP) is 1.31. The van der Waals surface area contributed by atoms with Gasteiger partial charge in [-0.2, -0.15) is 0 Å². The first-order valence-electron chi connectivity index (χ1n) is 4.67. The highest BCUT2D eigenvalue weighted by Crippen LogP contribution is 2.24. The monoisotopic (exact) mass is 189 g/mol. The molecule has 1 aromatic carbocycles. The second-order valence-electron chi connectivity index (χ2n) is 3.44. The summed E-state index contributed by atoms with van der Waals surface area (Å²) >= 11 is 0. The molecule has 0 radical (unpaired) electrons. The minimum Gasteiger partial charge on any atom is -0.320 e. The summed E-state index contributed by atoms with van der Waals surface area (Å²) in [5, 5.41) is 2.51. The Morgan fingerprint density at radius 3 is 2.86 bits per heavy atom. The summed E-state index contributed by atoms with van der Waals surface area (Å²) in [6, 6.07) is 5.80. The van der Waals surface area contributed by atoms with Gasteiger partial charge in [-0.25, -0.2) is 0 Å². The van der Waals surface area contributed by atoms with Crippen molar-refractivity contribution in [1.29, 1.82) is 0 Å². The van der Waals surface area contributed by atoms with Gasteiger partial charge in [0.2, 0.25) is 6.29 Å². The molecule has 0 saturated heterocycles. The molecule has 0 fully saturated rings. The van der Waals surface area contributed by atoms with Crippen LogP contribution in [0.2, 0.25) is 0 Å². The number of benzene rings is 1. The van der Waals surface area contributed by atoms with Gasteiger partial charge in [-0.3, -0.25) is 9.59 Å². The summed E-state index contributed by atoms with van der Waals surface area (Å²) in [4.78, 5) is 20.9. The average molecular weight is 189 g/mol. The van der Waals surface area contributed by atoms with Gasteiger partial charge in [0, 0.05) is 5.69 Å². The first-order chi connectivity index (χ1) is 6.79. The molecule has 0 heterocycles. The van der Waals surface area contributed by atoms with Crippen LogP contribution in [-0.4, -0.2) is 12.2 Å². The zero-order valence-corrected chi connectivity index (χ0v) is 7.75. The van der Waals surface area contributed by atoms with Crippen LogP contribution >= 0.6 is 0 Å². The summed E-state index contributed by atoms with van der Waals surface area (Å²) in [5.74, 6) is -0.594. The Morgan fingerprint density at radius 2 is 2.07 bits per heavy atom. The van der Waals surface area contributed by atoms with E-state index in [2.05, 4.69) is 5.32 Å². The third-order valence-electron chi connectivity index (χ3n) is 2.47. The molecule has 0 bridgehead atoms. The fraction of sp³-hybridized carbons (Fsp3) is 0.273. The number of rotatable bonds is 2. The van der Waals surface area contributed by atoms with Gasteiger partial charge < -0.3 is 5.32 Å². The van der Waals surface area contributed by atoms with Crippen molar-refractivity contribution in [1.82, 2.24) is 0 Å². The molecular formula is C11H11NO2. The van der Waals surface area contributed by atoms with Crippen molar-refractivity contribution in [3.05, 3.63) is 29.3 Å². The van der Waals surface area contributed by atoms with Crippen LogP contribution in [0, 0.1) is 0 Å². The van der Waals surface area contributed by atoms with Gasteiger partial charge in [-0.05, 0) is 42.5 Å². The zero-order valence-electron chi connectivity index (χ0n) is 7.75. The summed E-state index contributed by atoms with van der Waals surface area (Å²) in [7, 11) is 0. The molecule has 1 aromatic rings. The van der Waals surface area contributed by atoms with E-state index >= 15 is 0 Å². The minimum atomic E-state index is -0.594. The lowest BCUT2D eigenvalue weighted by molar-refractivity contribution is -0.127. The molecule has 0 spiro atoms. The van der Waals surface area contributed by atoms with Crippen LogP contribution in [0.15, 0.2) is 18.2 Å². The third-order valence-corrected chi connectivity index (χ3v) is 2.47. The molecule has 3 heteroatoms. The van der Waals surface area contributed by atoms with Gasteiger partial charge in [0.05, 0.1) is 0 Å². The van der Waals surface area contributed by atoms with E-state index in [9.17, 15) is 9.59 Å². The first kappa shape index (κ1) is 8.94. The van der Waals surface area contributed by atoms with E-state index in [1.165, 1.54) is 17.5 Å². The van der Waals surface area contributed by atoms with Crippen molar-refractivity contribution >= 4 is 17.9 Å². The van der Waals surface area contributed by atoms with Crippen LogP contribution in [0.5, 0.6) is 0 Å². The summed E-state index contributed by atoms with van der Waals surface area (Å²) in [5.41, 5.74) is 3.35. The van der Waals surface area contributed by atoms with E-state index in [-0.39, 0.29) is 6.29 Å². The van der Waals surface area contributed by atoms with E-state index in [1.54, 1.807) is 0 Å². The van der Waals surface area contributed by atoms with Crippen LogP contribution in [0.25, 0.3) is 0 Å². The highest BCUT2D eigenvalue weighted by atomic mass is 16.2. The second-order valence-corrected chi connectivity index (χ2v) is 3.44. The van der Waals surface area contributed by atoms with Gasteiger partial charge in [-0.1, -0.05) is 6.07 Å². The fourth-order valence-electron chi connectivity index (χ4n) is 1.82. The molecule has 3 nitrogen and oxygen atoms in total. The van der Waals surface area contributed by atoms with Crippen molar-refractivity contribution < 1.29 is 9.59 Å². The zero-order chi connectivity index (χ0) is 9.97. The molecule has 1 N–H and O–H groups in total. The molecule has 1 amide bonds. The van der Waals surface area contributed by atoms with Crippen LogP contribution < -0.4 is 5.32 Å². The number of nitrogens with one attached hydrogen (secondary N) is 1. The standard InChI is InChI=1S/C11H11NO2/c13-7-11(14)12-10-5-4-8-2-1-3-9(8)6-10/h4-7H,1-3H2,(H,12,14). The maximum absolute atomic E-state index is 10.8. The highest BCUT2D eigenvalue weighted by Gasteiger charge is 2.11. The SMILES string of the molecule is O=CC(=O)Nc1ccc2c(c1)CCC2. The Bertz CT molecular complexity index is 385. The van der Waals surface area contributed by atoms with Crippen LogP contribution in [0.4, 0.5) is 5.69 Å². The molecule has 2 rings (SSSR count). The third kappa shape index (κ3) is 1.66. The number of hydrogen-bond acceptors (Lipinski definition) is 2. The lowest BCUT2D eigenvalue weighted by Crippen LogP contribution is -2.12. The molecule has 0 aromatic heterocycles. The number of fused-ring (bicyclic) bond motifs is 1. The Hall–Kier alpha value is -1.64. The molecular weight excluding hydrogens is 178 g/mol. The minimum absolute atomic E-state index is 0.285. The number of carbonyl (C=O) groups is 2. The topological polar surface area (TPSA) is 46.2 Å². The number of amides is 1. The first-order valence-corrected chi connectivity index (χ1v) is 4.67. The van der Waals surface area contributed by atoms with Crippen molar-refractivity contribution in [3.8, 4) is 0 Å². The summed E-state index contributed by atoms with van der Waals surface area (Å²) in [6.45, 7) is 0. The van der Waals surface area contributed by atoms with Crippen LogP contribution in [0.3, 0.4) is 0 Å². The molecule has 0 aliphatic heterocycles. The molecule has 1 aliphatic carbocycles. The van der Waals surface area contributed by atoms with Gasteiger partial charge in [0.1, 0.15) is 0 Å². The highest BCUT2D eigenvalue weighted by molar-refractivity contribution is 6.29. The molecule has 14 heavy (non-hydrogen) atoms. The predicted molar refractivity (Wildman–Crippen MR) is 53.2 cm³/mol. The van der Waals surface area contributed by atoms with E-state index < -0.39 is 5.91 Å². The molecule has 0 atom stereocenters. The van der Waals surface area contributed by atoms with Crippen molar-refractivity contribution in [2.45, 2.75) is 19.3 Å². The van der Waals surface area contributed by atoms with E-state index in [4.69, 9.17) is 0 Å². The van der Waals surface area contributed by atoms with E-state index in [1.807, 2.05) is 18.2 Å². The van der Waals surface area contributed by atoms with E-state index in [0.717, 1.165) is 12.8 Å². The number of anilines is 1. The smallest absolute Gasteiger partial charge is 0.288 e. The number of aryl methyl sites for hydroxylation is 2. The van der Waals surface area contributed by atoms with Gasteiger partial charge in [0.25, 0.3) is 5.91 Å². The summed E-state index contributed by atoms with van der Waals surface area (Å²) in [6.07, 6.45) is 3.66. The number of aldehydes is 1. The van der Waals surface area contributed by atoms with Crippen molar-refractivity contribution in [2.75, 3.05) is 5.32 Å². The van der Waals surface area contributed by atoms with Gasteiger partial charge >= 0.3 is 0 Å². The Morgan fingerprint density at radius 1 is 1.29 bits per heavy atom. The Kier molecular flexibility index (Phi) is 2.31. The Labute approximate surface area is 82.1 Å². The maximum atomic E-state index is 10.8. The second kappa shape index (κ2) is 3.62. The largest absolute Gasteiger partial charge is 0.320 e. The summed E-state index contributed by atoms with van der Waals surface area (Å²) < 4.78 is 0. The normalized spacial score (nSPS) is 13.4. The van der Waals surface area contributed by atoms with Gasteiger partial charge in [0.15, 0.2) is 0 Å². The quantitative estimate of drug-likeness (QED) is 0.563. The number of hydrogen-bond donors (Lipinski definition) is 1. The van der Waals surface area contributed by atoms with E-state index in [0.29, 0.717) is 5.69 Å². The lowest BCUT2D eigenvalue weighted by Gasteiger charge is -2.04. The van der Waals surface area contributed by atoms with Crippen molar-refractivity contribution in [3.63, 3.8) is 0 Å². The van der Waals surface area contributed by atoms with Crippen LogP contribution in [-0.2, 0) is 22.4 Å². The fourth-order valence-corrected chi connectivity index (χ4v) is 1.82. The van der Waals surface area contributed by atoms with Crippen molar-refractivity contribution in [2.24, 2.45) is 0 Å². The molecule has 1 aliphatic rings. The lowest BCUT2D eigenvalue weighted by atomic mass is 10.1. The number of carbonyl (C=O) groups excluding carboxylic acids is 2. The van der Waals surface area contributed by atoms with Gasteiger partial charge in [-0.15, -0.1) is 0 Å². The molecule has 0 unspecified atom stereocenters. The molecule has 72 valence electrons. The Balaban J connectivity index is 2.20. The van der Waals surface area contributed by atoms with Crippen LogP contribution in [0.1, 0.15) is 17.5 Å². The average Bonchev–Trinajstić information content (AvgIpc) is 2.64. The molecule has 0 saturated carbocycles. The maximum Gasteiger partial charge on any atom is 0.288 e.